The van der Waals surface area contributed by atoms with Gasteiger partial charge in [0.05, 0.1) is 12.6 Å². The second-order valence-electron chi connectivity index (χ2n) is 7.00. The lowest BCUT2D eigenvalue weighted by molar-refractivity contribution is 0.117. The molecule has 1 aliphatic heterocycles. The molecule has 7 nitrogen and oxygen atoms in total. The zero-order chi connectivity index (χ0) is 19.8. The zero-order valence-electron chi connectivity index (χ0n) is 17.1. The Bertz CT molecular complexity index is 761. The molecule has 9 heteroatoms. The molecule has 0 bridgehead atoms. The van der Waals surface area contributed by atoms with Crippen LogP contribution in [0.3, 0.4) is 0 Å². The molecule has 1 N–H and O–H groups in total. The quantitative estimate of drug-likeness (QED) is 0.321. The van der Waals surface area contributed by atoms with Gasteiger partial charge >= 0.3 is 0 Å². The molecule has 3 rings (SSSR count). The van der Waals surface area contributed by atoms with Crippen LogP contribution in [0.4, 0.5) is 0 Å². The highest BCUT2D eigenvalue weighted by atomic mass is 127. The number of rotatable bonds is 8. The molecule has 1 saturated heterocycles. The summed E-state index contributed by atoms with van der Waals surface area (Å²) in [6.07, 6.45) is 5.08. The SMILES string of the molecule is CCc1nncn1CCNC(=NCC1CCCO1)N(C)Cc1ccc(Cl)cc1.I. The molecule has 29 heavy (non-hydrogen) atoms. The fourth-order valence-corrected chi connectivity index (χ4v) is 3.38. The Balaban J connectivity index is 0.00000300. The lowest BCUT2D eigenvalue weighted by Crippen LogP contribution is -2.40. The highest BCUT2D eigenvalue weighted by Crippen LogP contribution is 2.13. The van der Waals surface area contributed by atoms with Gasteiger partial charge in [0.1, 0.15) is 12.2 Å². The minimum Gasteiger partial charge on any atom is -0.376 e. The van der Waals surface area contributed by atoms with Crippen molar-refractivity contribution < 1.29 is 4.74 Å². The van der Waals surface area contributed by atoms with Crippen molar-refractivity contribution in [3.63, 3.8) is 0 Å². The van der Waals surface area contributed by atoms with Crippen molar-refractivity contribution in [3.05, 3.63) is 47.0 Å². The van der Waals surface area contributed by atoms with Crippen LogP contribution >= 0.6 is 35.6 Å². The number of ether oxygens (including phenoxy) is 1. The Kier molecular flexibility index (Phi) is 10.2. The van der Waals surface area contributed by atoms with Crippen LogP contribution in [0, 0.1) is 0 Å². The molecule has 0 aliphatic carbocycles. The number of benzene rings is 1. The molecule has 1 atom stereocenters. The van der Waals surface area contributed by atoms with E-state index in [2.05, 4.69) is 31.9 Å². The lowest BCUT2D eigenvalue weighted by Gasteiger charge is -2.23. The van der Waals surface area contributed by atoms with Crippen molar-refractivity contribution in [2.45, 2.75) is 45.4 Å². The van der Waals surface area contributed by atoms with E-state index in [1.54, 1.807) is 6.33 Å². The Morgan fingerprint density at radius 3 is 2.86 bits per heavy atom. The molecule has 0 amide bonds. The van der Waals surface area contributed by atoms with Gasteiger partial charge in [-0.15, -0.1) is 34.2 Å². The fourth-order valence-electron chi connectivity index (χ4n) is 3.25. The maximum absolute atomic E-state index is 6.00. The van der Waals surface area contributed by atoms with Crippen molar-refractivity contribution in [1.82, 2.24) is 25.0 Å². The summed E-state index contributed by atoms with van der Waals surface area (Å²) < 4.78 is 7.79. The van der Waals surface area contributed by atoms with Gasteiger partial charge < -0.3 is 19.5 Å². The largest absolute Gasteiger partial charge is 0.376 e. The van der Waals surface area contributed by atoms with Crippen molar-refractivity contribution in [2.75, 3.05) is 26.7 Å². The van der Waals surface area contributed by atoms with Crippen LogP contribution in [0.25, 0.3) is 0 Å². The van der Waals surface area contributed by atoms with E-state index in [1.807, 2.05) is 31.3 Å². The van der Waals surface area contributed by atoms with Crippen LogP contribution in [0.15, 0.2) is 35.6 Å². The zero-order valence-corrected chi connectivity index (χ0v) is 20.1. The molecule has 2 aromatic rings. The molecule has 0 spiro atoms. The predicted molar refractivity (Wildman–Crippen MR) is 127 cm³/mol. The molecule has 2 heterocycles. The van der Waals surface area contributed by atoms with Crippen LogP contribution in [0.1, 0.15) is 31.2 Å². The van der Waals surface area contributed by atoms with E-state index in [0.29, 0.717) is 6.54 Å². The van der Waals surface area contributed by atoms with Crippen LogP contribution in [-0.2, 0) is 24.2 Å². The van der Waals surface area contributed by atoms with Crippen molar-refractivity contribution in [1.29, 1.82) is 0 Å². The second-order valence-corrected chi connectivity index (χ2v) is 7.44. The van der Waals surface area contributed by atoms with Crippen LogP contribution in [0.5, 0.6) is 0 Å². The highest BCUT2D eigenvalue weighted by molar-refractivity contribution is 14.0. The van der Waals surface area contributed by atoms with Gasteiger partial charge in [-0.25, -0.2) is 0 Å². The first-order valence-electron chi connectivity index (χ1n) is 9.88. The highest BCUT2D eigenvalue weighted by Gasteiger charge is 2.16. The number of nitrogens with one attached hydrogen (secondary N) is 1. The Morgan fingerprint density at radius 2 is 2.17 bits per heavy atom. The molecule has 0 radical (unpaired) electrons. The summed E-state index contributed by atoms with van der Waals surface area (Å²) >= 11 is 6.00. The number of aliphatic imine (C=N–C) groups is 1. The summed E-state index contributed by atoms with van der Waals surface area (Å²) in [5.74, 6) is 1.87. The topological polar surface area (TPSA) is 67.6 Å². The average Bonchev–Trinajstić information content (AvgIpc) is 3.37. The van der Waals surface area contributed by atoms with E-state index in [9.17, 15) is 0 Å². The number of guanidine groups is 1. The number of hydrogen-bond acceptors (Lipinski definition) is 4. The van der Waals surface area contributed by atoms with Crippen molar-refractivity contribution in [2.24, 2.45) is 4.99 Å². The molecule has 160 valence electrons. The standard InChI is InChI=1S/C20H29ClN6O.HI/c1-3-19-25-24-15-27(19)11-10-22-20(23-13-18-5-4-12-28-18)26(2)14-16-6-8-17(21)9-7-16;/h6-9,15,18H,3-5,10-14H2,1-2H3,(H,22,23);1H. The number of aryl methyl sites for hydroxylation is 1. The van der Waals surface area contributed by atoms with E-state index in [1.165, 1.54) is 5.56 Å². The molecule has 1 aliphatic rings. The fraction of sp³-hybridized carbons (Fsp3) is 0.550. The van der Waals surface area contributed by atoms with Crippen molar-refractivity contribution in [3.8, 4) is 0 Å². The molecule has 1 fully saturated rings. The molecular weight excluding hydrogens is 503 g/mol. The third kappa shape index (κ3) is 7.42. The maximum atomic E-state index is 6.00. The number of aromatic nitrogens is 3. The van der Waals surface area contributed by atoms with Gasteiger partial charge in [0, 0.05) is 44.7 Å². The normalized spacial score (nSPS) is 16.5. The summed E-state index contributed by atoms with van der Waals surface area (Å²) in [7, 11) is 2.05. The second kappa shape index (κ2) is 12.3. The minimum absolute atomic E-state index is 0. The minimum atomic E-state index is 0. The molecule has 1 unspecified atom stereocenters. The molecule has 0 saturated carbocycles. The van der Waals surface area contributed by atoms with E-state index in [-0.39, 0.29) is 30.1 Å². The first-order chi connectivity index (χ1) is 13.7. The van der Waals surface area contributed by atoms with Gasteiger partial charge in [-0.1, -0.05) is 30.7 Å². The first kappa shape index (κ1) is 23.9. The summed E-state index contributed by atoms with van der Waals surface area (Å²) in [6.45, 7) is 5.91. The van der Waals surface area contributed by atoms with Crippen LogP contribution in [-0.4, -0.2) is 58.5 Å². The van der Waals surface area contributed by atoms with Gasteiger partial charge in [-0.2, -0.15) is 0 Å². The van der Waals surface area contributed by atoms with Gasteiger partial charge in [-0.3, -0.25) is 4.99 Å². The van der Waals surface area contributed by atoms with Gasteiger partial charge in [0.15, 0.2) is 5.96 Å². The van der Waals surface area contributed by atoms with E-state index in [4.69, 9.17) is 21.3 Å². The van der Waals surface area contributed by atoms with E-state index < -0.39 is 0 Å². The molecular formula is C20H30ClIN6O. The smallest absolute Gasteiger partial charge is 0.194 e. The maximum Gasteiger partial charge on any atom is 0.194 e. The number of hydrogen-bond donors (Lipinski definition) is 1. The van der Waals surface area contributed by atoms with Gasteiger partial charge in [0.25, 0.3) is 0 Å². The van der Waals surface area contributed by atoms with Crippen LogP contribution in [0.2, 0.25) is 5.02 Å². The number of nitrogens with zero attached hydrogens (tertiary/aromatic N) is 5. The Hall–Kier alpha value is -1.39. The van der Waals surface area contributed by atoms with Gasteiger partial charge in [-0.05, 0) is 30.5 Å². The predicted octanol–water partition coefficient (Wildman–Crippen LogP) is 3.37. The summed E-state index contributed by atoms with van der Waals surface area (Å²) in [5, 5.41) is 12.4. The summed E-state index contributed by atoms with van der Waals surface area (Å²) in [6, 6.07) is 7.92. The summed E-state index contributed by atoms with van der Waals surface area (Å²) in [4.78, 5) is 6.95. The summed E-state index contributed by atoms with van der Waals surface area (Å²) in [5.41, 5.74) is 1.19. The van der Waals surface area contributed by atoms with Crippen molar-refractivity contribution >= 4 is 41.5 Å². The van der Waals surface area contributed by atoms with E-state index >= 15 is 0 Å². The Labute approximate surface area is 194 Å². The monoisotopic (exact) mass is 532 g/mol. The third-order valence-corrected chi connectivity index (χ3v) is 5.06. The molecule has 1 aromatic carbocycles. The first-order valence-corrected chi connectivity index (χ1v) is 10.3. The van der Waals surface area contributed by atoms with Gasteiger partial charge in [0.2, 0.25) is 0 Å². The third-order valence-electron chi connectivity index (χ3n) is 4.81. The lowest BCUT2D eigenvalue weighted by atomic mass is 10.2. The number of halogens is 2. The average molecular weight is 533 g/mol. The van der Waals surface area contributed by atoms with E-state index in [0.717, 1.165) is 62.3 Å². The Morgan fingerprint density at radius 1 is 1.38 bits per heavy atom. The van der Waals surface area contributed by atoms with Crippen LogP contribution < -0.4 is 5.32 Å². The molecule has 1 aromatic heterocycles.